The van der Waals surface area contributed by atoms with Crippen LogP contribution >= 0.6 is 23.2 Å². The molecule has 168 valence electrons. The molecular weight excluding hydrogens is 441 g/mol. The Balaban J connectivity index is 1.64. The lowest BCUT2D eigenvalue weighted by molar-refractivity contribution is -0.859. The first-order valence-electron chi connectivity index (χ1n) is 10.3. The first-order chi connectivity index (χ1) is 14.9. The van der Waals surface area contributed by atoms with Crippen molar-refractivity contribution in [1.82, 2.24) is 5.43 Å². The fraction of sp³-hybridized carbons (Fsp3) is 0.409. The molecule has 2 aromatic rings. The van der Waals surface area contributed by atoms with Crippen LogP contribution < -0.4 is 20.3 Å². The fourth-order valence-corrected chi connectivity index (χ4v) is 4.31. The number of aliphatic hydroxyl groups is 1. The van der Waals surface area contributed by atoms with Gasteiger partial charge in [-0.25, -0.2) is 14.7 Å². The summed E-state index contributed by atoms with van der Waals surface area (Å²) in [6, 6.07) is 12.1. The summed E-state index contributed by atoms with van der Waals surface area (Å²) in [6.07, 6.45) is 2.03. The summed E-state index contributed by atoms with van der Waals surface area (Å²) in [5.74, 6) is 1.14. The Bertz CT molecular complexity index is 871. The van der Waals surface area contributed by atoms with Crippen LogP contribution in [0.5, 0.6) is 11.5 Å². The van der Waals surface area contributed by atoms with Crippen molar-refractivity contribution in [2.75, 3.05) is 38.8 Å². The second-order valence-electron chi connectivity index (χ2n) is 7.60. The SMILES string of the molecule is COc1ccccc1OCC(O)C[N+]1(C(=O)NNc2c(Cl)cccc2Cl)CCCCC1. The van der Waals surface area contributed by atoms with E-state index in [9.17, 15) is 9.90 Å². The summed E-state index contributed by atoms with van der Waals surface area (Å²) in [5.41, 5.74) is 6.01. The summed E-state index contributed by atoms with van der Waals surface area (Å²) in [5, 5.41) is 11.5. The van der Waals surface area contributed by atoms with Gasteiger partial charge < -0.3 is 14.6 Å². The Morgan fingerprint density at radius 2 is 1.71 bits per heavy atom. The van der Waals surface area contributed by atoms with E-state index in [4.69, 9.17) is 32.7 Å². The fourth-order valence-electron chi connectivity index (χ4n) is 3.82. The smallest absolute Gasteiger partial charge is 0.435 e. The molecule has 0 bridgehead atoms. The number of piperidine rings is 1. The van der Waals surface area contributed by atoms with Crippen molar-refractivity contribution >= 4 is 34.9 Å². The lowest BCUT2D eigenvalue weighted by Gasteiger charge is -2.39. The number of amides is 2. The van der Waals surface area contributed by atoms with Gasteiger partial charge in [-0.3, -0.25) is 5.43 Å². The van der Waals surface area contributed by atoms with E-state index in [-0.39, 0.29) is 23.7 Å². The number of hydrazine groups is 1. The monoisotopic (exact) mass is 468 g/mol. The molecule has 2 aromatic carbocycles. The predicted molar refractivity (Wildman–Crippen MR) is 122 cm³/mol. The summed E-state index contributed by atoms with van der Waals surface area (Å²) in [7, 11) is 1.56. The molecule has 3 rings (SSSR count). The first kappa shape index (κ1) is 23.5. The average Bonchev–Trinajstić information content (AvgIpc) is 2.78. The summed E-state index contributed by atoms with van der Waals surface area (Å²) in [4.78, 5) is 13.2. The Morgan fingerprint density at radius 3 is 2.35 bits per heavy atom. The van der Waals surface area contributed by atoms with Gasteiger partial charge in [0, 0.05) is 0 Å². The molecule has 0 aromatic heterocycles. The van der Waals surface area contributed by atoms with Gasteiger partial charge >= 0.3 is 6.03 Å². The van der Waals surface area contributed by atoms with E-state index in [1.165, 1.54) is 0 Å². The molecule has 1 aliphatic rings. The van der Waals surface area contributed by atoms with E-state index < -0.39 is 6.10 Å². The van der Waals surface area contributed by atoms with Gasteiger partial charge in [-0.1, -0.05) is 41.4 Å². The minimum absolute atomic E-state index is 0.0530. The van der Waals surface area contributed by atoms with E-state index in [0.717, 1.165) is 19.3 Å². The molecule has 0 spiro atoms. The highest BCUT2D eigenvalue weighted by Crippen LogP contribution is 2.30. The zero-order valence-electron chi connectivity index (χ0n) is 17.4. The van der Waals surface area contributed by atoms with Crippen LogP contribution in [0.3, 0.4) is 0 Å². The highest BCUT2D eigenvalue weighted by atomic mass is 35.5. The molecule has 31 heavy (non-hydrogen) atoms. The molecule has 1 aliphatic heterocycles. The number of para-hydroxylation sites is 3. The van der Waals surface area contributed by atoms with Gasteiger partial charge in [0.1, 0.15) is 19.3 Å². The molecule has 2 amide bonds. The number of rotatable bonds is 8. The summed E-state index contributed by atoms with van der Waals surface area (Å²) in [6.45, 7) is 1.56. The van der Waals surface area contributed by atoms with E-state index in [1.807, 2.05) is 12.1 Å². The number of benzene rings is 2. The number of quaternary nitrogens is 1. The summed E-state index contributed by atoms with van der Waals surface area (Å²) < 4.78 is 11.1. The number of methoxy groups -OCH3 is 1. The number of hydrogen-bond acceptors (Lipinski definition) is 5. The third-order valence-electron chi connectivity index (χ3n) is 5.42. The van der Waals surface area contributed by atoms with Crippen LogP contribution in [-0.4, -0.2) is 55.1 Å². The topological polar surface area (TPSA) is 79.8 Å². The normalized spacial score (nSPS) is 16.3. The minimum Gasteiger partial charge on any atom is -0.493 e. The number of urea groups is 1. The molecule has 1 atom stereocenters. The number of nitrogens with zero attached hydrogens (tertiary/aromatic N) is 1. The van der Waals surface area contributed by atoms with Gasteiger partial charge in [0.05, 0.1) is 35.9 Å². The van der Waals surface area contributed by atoms with Gasteiger partial charge in [-0.15, -0.1) is 0 Å². The Morgan fingerprint density at radius 1 is 1.06 bits per heavy atom. The van der Waals surface area contributed by atoms with Crippen LogP contribution in [0.1, 0.15) is 19.3 Å². The molecule has 1 fully saturated rings. The number of likely N-dealkylation sites (tertiary alicyclic amines) is 1. The second-order valence-corrected chi connectivity index (χ2v) is 8.42. The first-order valence-corrected chi connectivity index (χ1v) is 11.0. The van der Waals surface area contributed by atoms with Crippen molar-refractivity contribution in [3.05, 3.63) is 52.5 Å². The molecule has 9 heteroatoms. The highest BCUT2D eigenvalue weighted by Gasteiger charge is 2.40. The summed E-state index contributed by atoms with van der Waals surface area (Å²) >= 11 is 12.3. The molecule has 0 saturated carbocycles. The van der Waals surface area contributed by atoms with Crippen LogP contribution in [0.4, 0.5) is 10.5 Å². The van der Waals surface area contributed by atoms with Crippen LogP contribution in [0.2, 0.25) is 10.0 Å². The number of carbonyl (C=O) groups excluding carboxylic acids is 1. The molecule has 7 nitrogen and oxygen atoms in total. The van der Waals surface area contributed by atoms with Crippen molar-refractivity contribution in [1.29, 1.82) is 0 Å². The minimum atomic E-state index is -0.835. The van der Waals surface area contributed by atoms with Crippen molar-refractivity contribution in [2.24, 2.45) is 0 Å². The van der Waals surface area contributed by atoms with Crippen molar-refractivity contribution in [2.45, 2.75) is 25.4 Å². The second kappa shape index (κ2) is 10.9. The predicted octanol–water partition coefficient (Wildman–Crippen LogP) is 4.48. The standard InChI is InChI=1S/C22H27Cl2N3O4/c1-30-19-10-3-4-11-20(19)31-15-16(28)14-27(12-5-2-6-13-27)22(29)26-25-21-17(23)8-7-9-18(21)24/h3-4,7-11,16,25,28H,2,5-6,12-15H2,1H3/p+1. The quantitative estimate of drug-likeness (QED) is 0.393. The van der Waals surface area contributed by atoms with Gasteiger partial charge in [-0.05, 0) is 43.5 Å². The number of hydrogen-bond donors (Lipinski definition) is 3. The highest BCUT2D eigenvalue weighted by molar-refractivity contribution is 6.39. The molecular formula is C22H28Cl2N3O4+. The Kier molecular flexibility index (Phi) is 8.26. The maximum absolute atomic E-state index is 13.2. The molecule has 3 N–H and O–H groups in total. The van der Waals surface area contributed by atoms with Gasteiger partial charge in [0.15, 0.2) is 11.5 Å². The molecule has 0 aliphatic carbocycles. The molecule has 1 unspecified atom stereocenters. The largest absolute Gasteiger partial charge is 0.493 e. The number of halogens is 2. The van der Waals surface area contributed by atoms with Crippen LogP contribution in [0.25, 0.3) is 0 Å². The van der Waals surface area contributed by atoms with E-state index in [2.05, 4.69) is 10.9 Å². The van der Waals surface area contributed by atoms with Crippen LogP contribution in [-0.2, 0) is 0 Å². The Hall–Kier alpha value is -2.19. The van der Waals surface area contributed by atoms with E-state index >= 15 is 0 Å². The van der Waals surface area contributed by atoms with Crippen LogP contribution in [0, 0.1) is 0 Å². The number of aliphatic hydroxyl groups excluding tert-OH is 1. The molecule has 1 saturated heterocycles. The van der Waals surface area contributed by atoms with Crippen molar-refractivity contribution in [3.8, 4) is 11.5 Å². The maximum Gasteiger partial charge on any atom is 0.435 e. The zero-order chi connectivity index (χ0) is 22.3. The van der Waals surface area contributed by atoms with Gasteiger partial charge in [0.2, 0.25) is 0 Å². The third-order valence-corrected chi connectivity index (χ3v) is 6.05. The van der Waals surface area contributed by atoms with Crippen LogP contribution in [0.15, 0.2) is 42.5 Å². The Labute approximate surface area is 192 Å². The average molecular weight is 469 g/mol. The molecule has 1 heterocycles. The van der Waals surface area contributed by atoms with Crippen molar-refractivity contribution in [3.63, 3.8) is 0 Å². The third kappa shape index (κ3) is 5.95. The van der Waals surface area contributed by atoms with Gasteiger partial charge in [0.25, 0.3) is 0 Å². The van der Waals surface area contributed by atoms with Gasteiger partial charge in [-0.2, -0.15) is 0 Å². The number of anilines is 1. The van der Waals surface area contributed by atoms with Crippen molar-refractivity contribution < 1.29 is 23.9 Å². The maximum atomic E-state index is 13.2. The lowest BCUT2D eigenvalue weighted by Crippen LogP contribution is -2.63. The molecule has 0 radical (unpaired) electrons. The zero-order valence-corrected chi connectivity index (χ0v) is 19.0. The van der Waals surface area contributed by atoms with E-state index in [0.29, 0.717) is 40.3 Å². The number of carbonyl (C=O) groups is 1. The lowest BCUT2D eigenvalue weighted by atomic mass is 10.1. The number of ether oxygens (including phenoxy) is 2. The van der Waals surface area contributed by atoms with E-state index in [1.54, 1.807) is 37.4 Å². The number of nitrogens with one attached hydrogen (secondary N) is 2.